The zero-order valence-corrected chi connectivity index (χ0v) is 16.7. The Morgan fingerprint density at radius 3 is 1.56 bits per heavy atom. The molecule has 0 aliphatic heterocycles. The number of unbranched alkanes of at least 4 members (excludes halogenated alkanes) is 1. The van der Waals surface area contributed by atoms with Crippen LogP contribution in [0.25, 0.3) is 0 Å². The van der Waals surface area contributed by atoms with E-state index in [1.807, 2.05) is 27.7 Å². The predicted molar refractivity (Wildman–Crippen MR) is 85.0 cm³/mol. The molecule has 0 unspecified atom stereocenters. The summed E-state index contributed by atoms with van der Waals surface area (Å²) < 4.78 is 11.7. The molecule has 0 rings (SSSR count). The molecule has 0 saturated heterocycles. The van der Waals surface area contributed by atoms with Crippen molar-refractivity contribution in [2.24, 2.45) is 0 Å². The third-order valence-corrected chi connectivity index (χ3v) is 10.3. The monoisotopic (exact) mass is 282 g/mol. The van der Waals surface area contributed by atoms with Gasteiger partial charge in [-0.05, 0) is 12.6 Å². The van der Waals surface area contributed by atoms with Gasteiger partial charge in [-0.25, -0.2) is 0 Å². The SMILES string of the molecule is CC.CC.CCCC[Si](C)(O[SiH2]C)O[SiH2]C. The van der Waals surface area contributed by atoms with Gasteiger partial charge < -0.3 is 8.23 Å². The maximum atomic E-state index is 5.86. The first kappa shape index (κ1) is 21.8. The van der Waals surface area contributed by atoms with Gasteiger partial charge in [0.25, 0.3) is 0 Å². The molecule has 0 aromatic rings. The first-order valence-corrected chi connectivity index (χ1v) is 13.5. The van der Waals surface area contributed by atoms with Crippen LogP contribution in [0.4, 0.5) is 0 Å². The topological polar surface area (TPSA) is 18.5 Å². The summed E-state index contributed by atoms with van der Waals surface area (Å²) in [6.07, 6.45) is 2.53. The van der Waals surface area contributed by atoms with Crippen LogP contribution < -0.4 is 0 Å². The molecule has 0 aromatic carbocycles. The molecule has 0 saturated carbocycles. The summed E-state index contributed by atoms with van der Waals surface area (Å²) in [6.45, 7) is 16.8. The van der Waals surface area contributed by atoms with Crippen molar-refractivity contribution in [2.45, 2.75) is 73.1 Å². The quantitative estimate of drug-likeness (QED) is 0.668. The molecule has 0 aliphatic rings. The van der Waals surface area contributed by atoms with Crippen molar-refractivity contribution in [2.75, 3.05) is 0 Å². The van der Waals surface area contributed by atoms with Gasteiger partial charge in [0.05, 0.1) is 0 Å². The van der Waals surface area contributed by atoms with Gasteiger partial charge >= 0.3 is 8.56 Å². The Labute approximate surface area is 110 Å². The van der Waals surface area contributed by atoms with Gasteiger partial charge in [-0.3, -0.25) is 0 Å². The highest BCUT2D eigenvalue weighted by Gasteiger charge is 2.28. The van der Waals surface area contributed by atoms with Gasteiger partial charge in [-0.2, -0.15) is 0 Å². The second-order valence-electron chi connectivity index (χ2n) is 3.10. The van der Waals surface area contributed by atoms with Crippen LogP contribution in [0, 0.1) is 0 Å². The maximum absolute atomic E-state index is 5.86. The fraction of sp³-hybridized carbons (Fsp3) is 1.00. The summed E-state index contributed by atoms with van der Waals surface area (Å²) in [5.41, 5.74) is 0. The minimum absolute atomic E-state index is 0.279. The van der Waals surface area contributed by atoms with E-state index in [1.54, 1.807) is 0 Å². The molecule has 0 N–H and O–H groups in total. The second-order valence-corrected chi connectivity index (χ2v) is 9.34. The Morgan fingerprint density at radius 2 is 1.31 bits per heavy atom. The van der Waals surface area contributed by atoms with Crippen LogP contribution in [0.1, 0.15) is 47.5 Å². The third kappa shape index (κ3) is 14.6. The summed E-state index contributed by atoms with van der Waals surface area (Å²) in [5, 5.41) is 0. The van der Waals surface area contributed by atoms with E-state index < -0.39 is 8.56 Å². The van der Waals surface area contributed by atoms with Crippen molar-refractivity contribution >= 4 is 28.1 Å². The van der Waals surface area contributed by atoms with Gasteiger partial charge in [0.2, 0.25) is 0 Å². The highest BCUT2D eigenvalue weighted by Crippen LogP contribution is 2.15. The van der Waals surface area contributed by atoms with Crippen LogP contribution in [0.3, 0.4) is 0 Å². The summed E-state index contributed by atoms with van der Waals surface area (Å²) >= 11 is 0. The molecule has 5 heteroatoms. The number of hydrogen-bond donors (Lipinski definition) is 0. The average Bonchev–Trinajstić information content (AvgIpc) is 2.32. The molecule has 2 nitrogen and oxygen atoms in total. The third-order valence-electron chi connectivity index (χ3n) is 1.88. The average molecular weight is 283 g/mol. The molecule has 16 heavy (non-hydrogen) atoms. The van der Waals surface area contributed by atoms with E-state index in [2.05, 4.69) is 26.6 Å². The lowest BCUT2D eigenvalue weighted by Gasteiger charge is -2.26. The molecule has 0 aliphatic carbocycles. The first-order chi connectivity index (χ1) is 7.68. The summed E-state index contributed by atoms with van der Waals surface area (Å²) in [5.74, 6) is 0. The Hall–Kier alpha value is 0.571. The van der Waals surface area contributed by atoms with Gasteiger partial charge in [-0.1, -0.05) is 60.6 Å². The van der Waals surface area contributed by atoms with E-state index in [0.717, 1.165) is 0 Å². The van der Waals surface area contributed by atoms with E-state index in [9.17, 15) is 0 Å². The molecular formula is C11H34O2Si3. The van der Waals surface area contributed by atoms with Gasteiger partial charge in [-0.15, -0.1) is 0 Å². The summed E-state index contributed by atoms with van der Waals surface area (Å²) in [6, 6.07) is 1.20. The van der Waals surface area contributed by atoms with E-state index in [0.29, 0.717) is 0 Å². The largest absolute Gasteiger partial charge is 0.442 e. The normalized spacial score (nSPS) is 14.2. The van der Waals surface area contributed by atoms with E-state index in [1.165, 1.54) is 18.9 Å². The van der Waals surface area contributed by atoms with Gasteiger partial charge in [0.1, 0.15) is 19.5 Å². The molecule has 0 heterocycles. The van der Waals surface area contributed by atoms with E-state index in [-0.39, 0.29) is 19.5 Å². The molecule has 0 atom stereocenters. The summed E-state index contributed by atoms with van der Waals surface area (Å²) in [4.78, 5) is 0. The molecule has 102 valence electrons. The van der Waals surface area contributed by atoms with E-state index >= 15 is 0 Å². The van der Waals surface area contributed by atoms with Crippen molar-refractivity contribution in [1.82, 2.24) is 0 Å². The van der Waals surface area contributed by atoms with Gasteiger partial charge in [0.15, 0.2) is 0 Å². The molecule has 0 spiro atoms. The van der Waals surface area contributed by atoms with Crippen LogP contribution in [-0.2, 0) is 8.23 Å². The highest BCUT2D eigenvalue weighted by molar-refractivity contribution is 6.74. The molecule has 0 bridgehead atoms. The lowest BCUT2D eigenvalue weighted by atomic mass is 10.4. The van der Waals surface area contributed by atoms with E-state index in [4.69, 9.17) is 8.23 Å². The molecule has 0 amide bonds. The smallest absolute Gasteiger partial charge is 0.313 e. The lowest BCUT2D eigenvalue weighted by Crippen LogP contribution is -2.40. The van der Waals surface area contributed by atoms with Crippen molar-refractivity contribution in [1.29, 1.82) is 0 Å². The molecule has 0 radical (unpaired) electrons. The fourth-order valence-electron chi connectivity index (χ4n) is 1.29. The fourth-order valence-corrected chi connectivity index (χ4v) is 9.41. The Kier molecular flexibility index (Phi) is 24.5. The molecule has 0 fully saturated rings. The van der Waals surface area contributed by atoms with Crippen LogP contribution in [-0.4, -0.2) is 28.1 Å². The zero-order chi connectivity index (χ0) is 13.4. The molecule has 0 aromatic heterocycles. The van der Waals surface area contributed by atoms with Crippen molar-refractivity contribution in [3.05, 3.63) is 0 Å². The predicted octanol–water partition coefficient (Wildman–Crippen LogP) is 3.21. The maximum Gasteiger partial charge on any atom is 0.313 e. The van der Waals surface area contributed by atoms with Gasteiger partial charge in [0, 0.05) is 0 Å². The second kappa shape index (κ2) is 17.9. The van der Waals surface area contributed by atoms with Crippen molar-refractivity contribution in [3.63, 3.8) is 0 Å². The van der Waals surface area contributed by atoms with Crippen LogP contribution in [0.15, 0.2) is 0 Å². The van der Waals surface area contributed by atoms with Crippen molar-refractivity contribution in [3.8, 4) is 0 Å². The Bertz CT molecular complexity index is 107. The van der Waals surface area contributed by atoms with Crippen LogP contribution in [0.2, 0.25) is 25.7 Å². The Morgan fingerprint density at radius 1 is 0.938 bits per heavy atom. The first-order valence-electron chi connectivity index (χ1n) is 6.96. The minimum Gasteiger partial charge on any atom is -0.442 e. The number of hydrogen-bond acceptors (Lipinski definition) is 2. The minimum atomic E-state index is -1.65. The standard InChI is InChI=1S/C7H22O2Si3.2C2H6/c1-5-6-7-12(4,8-10-2)9-11-3;2*1-2/h5-7,10-11H2,1-4H3;2*1-2H3. The summed E-state index contributed by atoms with van der Waals surface area (Å²) in [7, 11) is -2.21. The Balaban J connectivity index is -0.000000376. The van der Waals surface area contributed by atoms with Crippen LogP contribution in [0.5, 0.6) is 0 Å². The number of rotatable bonds is 7. The molecular weight excluding hydrogens is 248 g/mol. The van der Waals surface area contributed by atoms with Crippen LogP contribution >= 0.6 is 0 Å². The highest BCUT2D eigenvalue weighted by atomic mass is 28.4. The zero-order valence-electron chi connectivity index (χ0n) is 12.9. The lowest BCUT2D eigenvalue weighted by molar-refractivity contribution is 0.415. The van der Waals surface area contributed by atoms with Crippen molar-refractivity contribution < 1.29 is 8.23 Å².